The van der Waals surface area contributed by atoms with E-state index >= 15 is 0 Å². The van der Waals surface area contributed by atoms with Gasteiger partial charge in [-0.1, -0.05) is 17.7 Å². The van der Waals surface area contributed by atoms with E-state index in [0.717, 1.165) is 5.56 Å². The third-order valence-electron chi connectivity index (χ3n) is 3.45. The molecule has 0 saturated carbocycles. The minimum atomic E-state index is -2.88. The smallest absolute Gasteiger partial charge is 0.387 e. The Morgan fingerprint density at radius 2 is 1.96 bits per heavy atom. The second-order valence-electron chi connectivity index (χ2n) is 6.77. The van der Waals surface area contributed by atoms with Gasteiger partial charge in [0.05, 0.1) is 6.54 Å². The number of hydrogen-bond acceptors (Lipinski definition) is 3. The van der Waals surface area contributed by atoms with Gasteiger partial charge in [0, 0.05) is 40.0 Å². The Labute approximate surface area is 180 Å². The van der Waals surface area contributed by atoms with Crippen molar-refractivity contribution in [2.24, 2.45) is 4.99 Å². The van der Waals surface area contributed by atoms with Crippen molar-refractivity contribution >= 4 is 40.7 Å². The van der Waals surface area contributed by atoms with Gasteiger partial charge in [0.2, 0.25) is 0 Å². The summed E-state index contributed by atoms with van der Waals surface area (Å²) in [6.45, 7) is 8.10. The van der Waals surface area contributed by atoms with Crippen LogP contribution in [-0.4, -0.2) is 40.4 Å². The molecule has 1 aromatic carbocycles. The van der Waals surface area contributed by atoms with Gasteiger partial charge < -0.3 is 15.4 Å². The van der Waals surface area contributed by atoms with Gasteiger partial charge in [-0.25, -0.2) is 4.99 Å². The normalized spacial score (nSPS) is 13.1. The maximum absolute atomic E-state index is 12.5. The van der Waals surface area contributed by atoms with E-state index < -0.39 is 17.4 Å². The lowest BCUT2D eigenvalue weighted by Crippen LogP contribution is -2.40. The van der Waals surface area contributed by atoms with Crippen LogP contribution >= 0.6 is 24.0 Å². The Hall–Kier alpha value is -0.970. The number of benzene rings is 1. The van der Waals surface area contributed by atoms with Crippen LogP contribution < -0.4 is 15.4 Å². The summed E-state index contributed by atoms with van der Waals surface area (Å²) >= 11 is 0. The van der Waals surface area contributed by atoms with E-state index in [2.05, 4.69) is 20.4 Å². The van der Waals surface area contributed by atoms with E-state index in [0.29, 0.717) is 30.4 Å². The molecule has 0 amide bonds. The average molecular weight is 517 g/mol. The molecule has 1 atom stereocenters. The van der Waals surface area contributed by atoms with E-state index in [1.807, 2.05) is 34.6 Å². The molecule has 27 heavy (non-hydrogen) atoms. The van der Waals surface area contributed by atoms with Gasteiger partial charge in [0.15, 0.2) is 5.96 Å². The van der Waals surface area contributed by atoms with Crippen LogP contribution in [0.1, 0.15) is 38.8 Å². The summed E-state index contributed by atoms with van der Waals surface area (Å²) in [7, 11) is -0.960. The lowest BCUT2D eigenvalue weighted by atomic mass is 10.1. The van der Waals surface area contributed by atoms with Crippen molar-refractivity contribution in [3.8, 4) is 5.75 Å². The van der Waals surface area contributed by atoms with Crippen LogP contribution in [0.4, 0.5) is 8.78 Å². The number of nitrogens with zero attached hydrogens (tertiary/aromatic N) is 1. The monoisotopic (exact) mass is 517 g/mol. The summed E-state index contributed by atoms with van der Waals surface area (Å²) < 4.78 is 41.5. The molecule has 0 heterocycles. The lowest BCUT2D eigenvalue weighted by Gasteiger charge is -2.18. The number of ether oxygens (including phenoxy) is 1. The number of hydrogen-bond donors (Lipinski definition) is 2. The van der Waals surface area contributed by atoms with E-state index in [-0.39, 0.29) is 41.0 Å². The molecular formula is C18H30F2IN3O2S. The van der Waals surface area contributed by atoms with Crippen LogP contribution in [0.2, 0.25) is 0 Å². The van der Waals surface area contributed by atoms with Crippen LogP contribution in [0.3, 0.4) is 0 Å². The molecule has 0 aromatic heterocycles. The topological polar surface area (TPSA) is 62.7 Å². The Morgan fingerprint density at radius 1 is 1.30 bits per heavy atom. The summed E-state index contributed by atoms with van der Waals surface area (Å²) in [6.07, 6.45) is 0. The minimum absolute atomic E-state index is 0. The number of aliphatic imine (C=N–C) groups is 1. The highest BCUT2D eigenvalue weighted by Crippen LogP contribution is 2.22. The van der Waals surface area contributed by atoms with Crippen LogP contribution in [0.5, 0.6) is 5.75 Å². The zero-order chi connectivity index (χ0) is 19.7. The van der Waals surface area contributed by atoms with Crippen molar-refractivity contribution in [3.05, 3.63) is 29.3 Å². The zero-order valence-electron chi connectivity index (χ0n) is 16.5. The lowest BCUT2D eigenvalue weighted by molar-refractivity contribution is -0.0504. The van der Waals surface area contributed by atoms with Crippen LogP contribution in [0.15, 0.2) is 23.2 Å². The maximum atomic E-state index is 12.5. The molecule has 0 radical (unpaired) electrons. The maximum Gasteiger partial charge on any atom is 0.387 e. The van der Waals surface area contributed by atoms with Gasteiger partial charge in [-0.15, -0.1) is 24.0 Å². The van der Waals surface area contributed by atoms with Gasteiger partial charge in [-0.2, -0.15) is 8.78 Å². The molecule has 0 aliphatic heterocycles. The highest BCUT2D eigenvalue weighted by atomic mass is 127. The molecule has 0 spiro atoms. The van der Waals surface area contributed by atoms with Crippen molar-refractivity contribution in [3.63, 3.8) is 0 Å². The Morgan fingerprint density at radius 3 is 2.52 bits per heavy atom. The molecule has 1 rings (SSSR count). The largest absolute Gasteiger partial charge is 0.434 e. The molecule has 0 aliphatic rings. The standard InChI is InChI=1S/C18H29F2N3O2S.HI/c1-6-21-17(22-9-10-26(24)18(3,4)5)23-12-14-11-13(2)7-8-15(14)25-16(19)20;/h7-8,11,16H,6,9-10,12H2,1-5H3,(H2,21,22,23);1H. The van der Waals surface area contributed by atoms with Crippen molar-refractivity contribution < 1.29 is 17.7 Å². The molecule has 0 saturated heterocycles. The average Bonchev–Trinajstić information content (AvgIpc) is 2.53. The van der Waals surface area contributed by atoms with Crippen molar-refractivity contribution in [1.29, 1.82) is 0 Å². The quantitative estimate of drug-likeness (QED) is 0.313. The van der Waals surface area contributed by atoms with Gasteiger partial charge in [0.1, 0.15) is 5.75 Å². The van der Waals surface area contributed by atoms with Crippen molar-refractivity contribution in [1.82, 2.24) is 10.6 Å². The first-order valence-corrected chi connectivity index (χ1v) is 9.90. The number of nitrogens with one attached hydrogen (secondary N) is 2. The van der Waals surface area contributed by atoms with Crippen LogP contribution in [0, 0.1) is 6.92 Å². The number of aryl methyl sites for hydroxylation is 1. The zero-order valence-corrected chi connectivity index (χ0v) is 19.6. The van der Waals surface area contributed by atoms with Crippen molar-refractivity contribution in [2.75, 3.05) is 18.8 Å². The Bertz CT molecular complexity index is 638. The molecule has 5 nitrogen and oxygen atoms in total. The van der Waals surface area contributed by atoms with E-state index in [1.165, 1.54) is 6.07 Å². The highest BCUT2D eigenvalue weighted by molar-refractivity contribution is 14.0. The van der Waals surface area contributed by atoms with Crippen LogP contribution in [0.25, 0.3) is 0 Å². The Balaban J connectivity index is 0.00000676. The Kier molecular flexibility index (Phi) is 12.0. The number of rotatable bonds is 8. The highest BCUT2D eigenvalue weighted by Gasteiger charge is 2.18. The third-order valence-corrected chi connectivity index (χ3v) is 5.39. The molecule has 9 heteroatoms. The predicted molar refractivity (Wildman–Crippen MR) is 119 cm³/mol. The molecule has 1 unspecified atom stereocenters. The number of alkyl halides is 2. The molecule has 2 N–H and O–H groups in total. The molecule has 0 aliphatic carbocycles. The first-order chi connectivity index (χ1) is 12.1. The molecule has 156 valence electrons. The van der Waals surface area contributed by atoms with E-state index in [4.69, 9.17) is 0 Å². The van der Waals surface area contributed by atoms with E-state index in [1.54, 1.807) is 12.1 Å². The minimum Gasteiger partial charge on any atom is -0.434 e. The molecule has 0 fully saturated rings. The fourth-order valence-electron chi connectivity index (χ4n) is 2.12. The number of guanidine groups is 1. The van der Waals surface area contributed by atoms with Crippen molar-refractivity contribution in [2.45, 2.75) is 52.5 Å². The fourth-order valence-corrected chi connectivity index (χ4v) is 3.02. The van der Waals surface area contributed by atoms with Crippen LogP contribution in [-0.2, 0) is 17.3 Å². The summed E-state index contributed by atoms with van der Waals surface area (Å²) in [5, 5.41) is 6.22. The summed E-state index contributed by atoms with van der Waals surface area (Å²) in [5.41, 5.74) is 1.52. The van der Waals surface area contributed by atoms with Gasteiger partial charge >= 0.3 is 6.61 Å². The predicted octanol–water partition coefficient (Wildman–Crippen LogP) is 3.82. The second-order valence-corrected chi connectivity index (χ2v) is 9.10. The third kappa shape index (κ3) is 10.2. The van der Waals surface area contributed by atoms with Gasteiger partial charge in [-0.3, -0.25) is 4.21 Å². The first-order valence-electron chi connectivity index (χ1n) is 8.58. The SMILES string of the molecule is CCNC(=NCc1cc(C)ccc1OC(F)F)NCCS(=O)C(C)(C)C.I. The first kappa shape index (κ1) is 26.0. The second kappa shape index (κ2) is 12.5. The molecule has 0 bridgehead atoms. The summed E-state index contributed by atoms with van der Waals surface area (Å²) in [6, 6.07) is 5.02. The fraction of sp³-hybridized carbons (Fsp3) is 0.611. The molecule has 1 aromatic rings. The molecular weight excluding hydrogens is 487 g/mol. The van der Waals surface area contributed by atoms with E-state index in [9.17, 15) is 13.0 Å². The van der Waals surface area contributed by atoms with Gasteiger partial charge in [-0.05, 0) is 40.7 Å². The summed E-state index contributed by atoms with van der Waals surface area (Å²) in [4.78, 5) is 4.42. The number of halogens is 3. The summed E-state index contributed by atoms with van der Waals surface area (Å²) in [5.74, 6) is 1.17. The van der Waals surface area contributed by atoms with Gasteiger partial charge in [0.25, 0.3) is 0 Å².